The first kappa shape index (κ1) is 41.3. The normalized spacial score (nSPS) is 21.4. The second-order valence-electron chi connectivity index (χ2n) is 15.6. The number of ether oxygens (including phenoxy) is 1. The molecule has 1 aromatic carbocycles. The molecule has 0 saturated heterocycles. The van der Waals surface area contributed by atoms with E-state index in [2.05, 4.69) is 16.0 Å². The summed E-state index contributed by atoms with van der Waals surface area (Å²) in [6, 6.07) is 12.6. The quantitative estimate of drug-likeness (QED) is 0.219. The monoisotopic (exact) mass is 677 g/mol. The zero-order valence-corrected chi connectivity index (χ0v) is 30.9. The van der Waals surface area contributed by atoms with E-state index in [0.717, 1.165) is 29.7 Å². The number of carbonyl (C=O) groups excluding carboxylic acids is 1. The lowest BCUT2D eigenvalue weighted by molar-refractivity contribution is -0.144. The average Bonchev–Trinajstić information content (AvgIpc) is 3.03. The molecule has 1 atom stereocenters. The van der Waals surface area contributed by atoms with Crippen molar-refractivity contribution in [3.05, 3.63) is 35.9 Å². The van der Waals surface area contributed by atoms with Gasteiger partial charge in [0.2, 0.25) is 0 Å². The molecule has 0 aliphatic heterocycles. The van der Waals surface area contributed by atoms with Crippen molar-refractivity contribution in [3.8, 4) is 0 Å². The van der Waals surface area contributed by atoms with Crippen LogP contribution in [0.2, 0.25) is 0 Å². The highest BCUT2D eigenvalue weighted by molar-refractivity contribution is 5.85. The number of nitrogens with one attached hydrogen (secondary N) is 3. The third-order valence-electron chi connectivity index (χ3n) is 10.0. The fourth-order valence-electron chi connectivity index (χ4n) is 7.45. The number of benzene rings is 1. The highest BCUT2D eigenvalue weighted by atomic mass is 35.5. The van der Waals surface area contributed by atoms with Crippen molar-refractivity contribution < 1.29 is 19.4 Å². The fraction of sp³-hybridized carbons (Fsp3) is 0.795. The molecule has 270 valence electrons. The summed E-state index contributed by atoms with van der Waals surface area (Å²) in [6.45, 7) is 6.64. The second-order valence-corrected chi connectivity index (χ2v) is 15.6. The number of carbonyl (C=O) groups is 2. The van der Waals surface area contributed by atoms with E-state index in [0.29, 0.717) is 0 Å². The van der Waals surface area contributed by atoms with Gasteiger partial charge in [0.15, 0.2) is 0 Å². The minimum absolute atomic E-state index is 0. The molecular weight excluding hydrogens is 610 g/mol. The highest BCUT2D eigenvalue weighted by Crippen LogP contribution is 2.24. The lowest BCUT2D eigenvalue weighted by Gasteiger charge is -2.30. The van der Waals surface area contributed by atoms with Crippen molar-refractivity contribution in [1.82, 2.24) is 16.0 Å². The first-order valence-corrected chi connectivity index (χ1v) is 18.8. The molecule has 5 rings (SSSR count). The van der Waals surface area contributed by atoms with Crippen molar-refractivity contribution in [3.63, 3.8) is 0 Å². The first-order chi connectivity index (χ1) is 22.0. The number of amides is 1. The smallest absolute Gasteiger partial charge is 0.408 e. The highest BCUT2D eigenvalue weighted by Gasteiger charge is 2.36. The predicted octanol–water partition coefficient (Wildman–Crippen LogP) is 9.50. The molecule has 8 heteroatoms. The molecule has 7 nitrogen and oxygen atoms in total. The van der Waals surface area contributed by atoms with Crippen LogP contribution in [0.4, 0.5) is 4.79 Å². The Labute approximate surface area is 292 Å². The topological polar surface area (TPSA) is 99.7 Å². The Morgan fingerprint density at radius 3 is 1.28 bits per heavy atom. The van der Waals surface area contributed by atoms with Gasteiger partial charge in [-0.15, -0.1) is 12.4 Å². The van der Waals surface area contributed by atoms with Gasteiger partial charge in [-0.2, -0.15) is 0 Å². The van der Waals surface area contributed by atoms with Gasteiger partial charge in [-0.3, -0.25) is 0 Å². The lowest BCUT2D eigenvalue weighted by Crippen LogP contribution is -2.54. The molecule has 1 amide bonds. The summed E-state index contributed by atoms with van der Waals surface area (Å²) in [7, 11) is 0. The lowest BCUT2D eigenvalue weighted by atomic mass is 9.91. The zero-order chi connectivity index (χ0) is 33.3. The fourth-order valence-corrected chi connectivity index (χ4v) is 7.45. The summed E-state index contributed by atoms with van der Waals surface area (Å²) in [5.74, 6) is -1.10. The molecule has 0 unspecified atom stereocenters. The van der Waals surface area contributed by atoms with Crippen LogP contribution in [-0.4, -0.2) is 52.5 Å². The Morgan fingerprint density at radius 2 is 0.979 bits per heavy atom. The maximum atomic E-state index is 11.8. The molecule has 4 aliphatic rings. The number of carboxylic acids is 1. The predicted molar refractivity (Wildman–Crippen MR) is 197 cm³/mol. The van der Waals surface area contributed by atoms with Crippen LogP contribution in [0.3, 0.4) is 0 Å². The van der Waals surface area contributed by atoms with Crippen molar-refractivity contribution in [2.24, 2.45) is 0 Å². The van der Waals surface area contributed by atoms with Crippen LogP contribution in [0.5, 0.6) is 0 Å². The van der Waals surface area contributed by atoms with Gasteiger partial charge in [0.1, 0.15) is 11.1 Å². The molecule has 0 aromatic heterocycles. The Balaban J connectivity index is 0.000000250. The van der Waals surface area contributed by atoms with Crippen LogP contribution in [0.1, 0.15) is 162 Å². The Bertz CT molecular complexity index is 914. The molecule has 47 heavy (non-hydrogen) atoms. The number of aliphatic carboxylic acids is 1. The van der Waals surface area contributed by atoms with E-state index < -0.39 is 23.2 Å². The van der Waals surface area contributed by atoms with Gasteiger partial charge < -0.3 is 25.8 Å². The molecule has 4 saturated carbocycles. The van der Waals surface area contributed by atoms with Crippen LogP contribution in [0.25, 0.3) is 0 Å². The van der Waals surface area contributed by atoms with Gasteiger partial charge in [0.25, 0.3) is 0 Å². The Kier molecular flexibility index (Phi) is 19.4. The largest absolute Gasteiger partial charge is 0.480 e. The molecule has 1 aromatic rings. The van der Waals surface area contributed by atoms with Crippen LogP contribution in [0, 0.1) is 0 Å². The van der Waals surface area contributed by atoms with Crippen molar-refractivity contribution in [2.75, 3.05) is 0 Å². The van der Waals surface area contributed by atoms with E-state index in [4.69, 9.17) is 4.74 Å². The molecule has 4 aliphatic carbocycles. The number of halogens is 1. The van der Waals surface area contributed by atoms with Crippen molar-refractivity contribution in [1.29, 1.82) is 0 Å². The summed E-state index contributed by atoms with van der Waals surface area (Å²) in [5.41, 5.74) is -1.26. The van der Waals surface area contributed by atoms with Crippen LogP contribution in [-0.2, 0) is 16.0 Å². The van der Waals surface area contributed by atoms with Gasteiger partial charge in [0, 0.05) is 30.6 Å². The maximum absolute atomic E-state index is 11.8. The first-order valence-electron chi connectivity index (χ1n) is 18.8. The molecule has 0 bridgehead atoms. The molecule has 4 fully saturated rings. The zero-order valence-electron chi connectivity index (χ0n) is 30.1. The molecule has 0 radical (unpaired) electrons. The van der Waals surface area contributed by atoms with E-state index >= 15 is 0 Å². The van der Waals surface area contributed by atoms with E-state index in [-0.39, 0.29) is 18.8 Å². The summed E-state index contributed by atoms with van der Waals surface area (Å²) >= 11 is 0. The minimum atomic E-state index is -1.41. The minimum Gasteiger partial charge on any atom is -0.480 e. The SMILES string of the molecule is C1CCC(NC2CCCCC2)CC1.C1CCC(NC2CCCCC2)CC1.CC(C)(C)OC(=O)N[C@@](C)(Cc1ccccc1)C(=O)O.Cl. The van der Waals surface area contributed by atoms with Crippen LogP contribution in [0.15, 0.2) is 30.3 Å². The van der Waals surface area contributed by atoms with E-state index in [9.17, 15) is 14.7 Å². The molecule has 0 spiro atoms. The average molecular weight is 678 g/mol. The summed E-state index contributed by atoms with van der Waals surface area (Å²) in [6.07, 6.45) is 28.6. The number of alkyl carbamates (subject to hydrolysis) is 1. The van der Waals surface area contributed by atoms with Crippen molar-refractivity contribution >= 4 is 24.5 Å². The van der Waals surface area contributed by atoms with Gasteiger partial charge in [-0.25, -0.2) is 9.59 Å². The Hall–Kier alpha value is -1.83. The molecule has 4 N–H and O–H groups in total. The summed E-state index contributed by atoms with van der Waals surface area (Å²) in [4.78, 5) is 23.2. The number of rotatable bonds is 8. The third kappa shape index (κ3) is 17.4. The van der Waals surface area contributed by atoms with E-state index in [1.807, 2.05) is 30.3 Å². The van der Waals surface area contributed by atoms with Gasteiger partial charge >= 0.3 is 12.1 Å². The number of hydrogen-bond acceptors (Lipinski definition) is 5. The molecular formula is C39H68ClN3O4. The standard InChI is InChI=1S/C15H21NO4.2C12H23N.ClH/c1-14(2,3)20-13(19)16-15(4,12(17)18)10-11-8-6-5-7-9-11;2*1-3-7-11(8-4-1)13-12-9-5-2-6-10-12;/h5-9H,10H2,1-4H3,(H,16,19)(H,17,18);2*11-13H,1-10H2;1H/t15-;;;/m0.../s1. The maximum Gasteiger partial charge on any atom is 0.408 e. The van der Waals surface area contributed by atoms with Gasteiger partial charge in [0.05, 0.1) is 0 Å². The third-order valence-corrected chi connectivity index (χ3v) is 10.0. The van der Waals surface area contributed by atoms with E-state index in [1.165, 1.54) is 135 Å². The second kappa shape index (κ2) is 22.0. The summed E-state index contributed by atoms with van der Waals surface area (Å²) in [5, 5.41) is 19.5. The van der Waals surface area contributed by atoms with Gasteiger partial charge in [-0.05, 0) is 84.6 Å². The molecule has 0 heterocycles. The van der Waals surface area contributed by atoms with E-state index in [1.54, 1.807) is 20.8 Å². The Morgan fingerprint density at radius 1 is 0.638 bits per heavy atom. The van der Waals surface area contributed by atoms with Gasteiger partial charge in [-0.1, -0.05) is 107 Å². The van der Waals surface area contributed by atoms with Crippen LogP contribution < -0.4 is 16.0 Å². The summed E-state index contributed by atoms with van der Waals surface area (Å²) < 4.78 is 5.11. The number of hydrogen-bond donors (Lipinski definition) is 4. The van der Waals surface area contributed by atoms with Crippen LogP contribution >= 0.6 is 12.4 Å². The number of carboxylic acid groups (broad SMARTS) is 1. The van der Waals surface area contributed by atoms with Crippen molar-refractivity contribution in [2.45, 2.75) is 198 Å².